The summed E-state index contributed by atoms with van der Waals surface area (Å²) < 4.78 is 10.8. The van der Waals surface area contributed by atoms with Crippen LogP contribution in [0.15, 0.2) is 91.1 Å². The van der Waals surface area contributed by atoms with Gasteiger partial charge in [-0.05, 0) is 78.7 Å². The number of likely N-dealkylation sites (N-methyl/N-ethyl adjacent to an activating group) is 1. The number of hydrogen-bond donors (Lipinski definition) is 3. The molecule has 6 aromatic rings. The van der Waals surface area contributed by atoms with Crippen molar-refractivity contribution < 1.29 is 23.9 Å². The van der Waals surface area contributed by atoms with Crippen molar-refractivity contribution in [2.75, 3.05) is 40.8 Å². The Bertz CT molecular complexity index is 2400. The number of carbonyl (C=O) groups excluding carboxylic acids is 3. The number of ether oxygens (including phenoxy) is 2. The van der Waals surface area contributed by atoms with Gasteiger partial charge in [-0.25, -0.2) is 14.8 Å². The van der Waals surface area contributed by atoms with Crippen molar-refractivity contribution in [1.29, 1.82) is 0 Å². The van der Waals surface area contributed by atoms with Crippen molar-refractivity contribution in [2.24, 2.45) is 0 Å². The van der Waals surface area contributed by atoms with E-state index in [0.29, 0.717) is 32.1 Å². The molecule has 1 aliphatic heterocycles. The summed E-state index contributed by atoms with van der Waals surface area (Å²) in [5.41, 5.74) is 7.50. The fourth-order valence-corrected chi connectivity index (χ4v) is 7.48. The maximum Gasteiger partial charge on any atom is 0.407 e. The van der Waals surface area contributed by atoms with Crippen molar-refractivity contribution in [3.8, 4) is 39.4 Å². The van der Waals surface area contributed by atoms with E-state index < -0.39 is 6.09 Å². The van der Waals surface area contributed by atoms with Gasteiger partial charge in [0.15, 0.2) is 0 Å². The fourth-order valence-electron chi connectivity index (χ4n) is 7.48. The number of aromatic nitrogens is 4. The predicted octanol–water partition coefficient (Wildman–Crippen LogP) is 7.32. The molecule has 0 fully saturated rings. The minimum absolute atomic E-state index is 0.0514. The van der Waals surface area contributed by atoms with Gasteiger partial charge in [-0.2, -0.15) is 0 Å². The molecule has 0 bridgehead atoms. The molecular weight excluding hydrogens is 733 g/mol. The van der Waals surface area contributed by atoms with E-state index in [-0.39, 0.29) is 30.9 Å². The van der Waals surface area contributed by atoms with Crippen LogP contribution in [0.5, 0.6) is 5.75 Å². The first-order chi connectivity index (χ1) is 28.1. The van der Waals surface area contributed by atoms with Gasteiger partial charge in [0.05, 0.1) is 43.5 Å². The minimum atomic E-state index is -0.650. The molecular formula is C45H50N8O5. The number of nitrogens with zero attached hydrogens (tertiary/aromatic N) is 5. The summed E-state index contributed by atoms with van der Waals surface area (Å²) in [4.78, 5) is 60.1. The largest absolute Gasteiger partial charge is 0.487 e. The van der Waals surface area contributed by atoms with Crippen LogP contribution in [-0.2, 0) is 34.0 Å². The molecule has 300 valence electrons. The van der Waals surface area contributed by atoms with Crippen molar-refractivity contribution in [3.05, 3.63) is 114 Å². The number of methoxy groups -OCH3 is 1. The number of hydrogen-bond acceptors (Lipinski definition) is 8. The molecule has 1 atom stereocenters. The summed E-state index contributed by atoms with van der Waals surface area (Å²) in [6.45, 7) is 6.08. The lowest BCUT2D eigenvalue weighted by Crippen LogP contribution is -2.40. The highest BCUT2D eigenvalue weighted by Gasteiger charge is 2.28. The highest BCUT2D eigenvalue weighted by Crippen LogP contribution is 2.39. The Labute approximate surface area is 338 Å². The van der Waals surface area contributed by atoms with Gasteiger partial charge in [0.1, 0.15) is 36.6 Å². The van der Waals surface area contributed by atoms with Gasteiger partial charge in [-0.3, -0.25) is 14.5 Å². The molecule has 58 heavy (non-hydrogen) atoms. The number of carbonyl (C=O) groups is 3. The first kappa shape index (κ1) is 39.8. The second-order valence-corrected chi connectivity index (χ2v) is 14.7. The van der Waals surface area contributed by atoms with Gasteiger partial charge < -0.3 is 34.6 Å². The van der Waals surface area contributed by atoms with Gasteiger partial charge in [-0.15, -0.1) is 0 Å². The average Bonchev–Trinajstić information content (AvgIpc) is 3.89. The molecule has 3 amide bonds. The van der Waals surface area contributed by atoms with Crippen molar-refractivity contribution in [2.45, 2.75) is 52.4 Å². The first-order valence-corrected chi connectivity index (χ1v) is 19.7. The lowest BCUT2D eigenvalue weighted by molar-refractivity contribution is -0.137. The standard InChI is InChI=1S/C45H50N8O5/c1-6-19-52(41(54)25-47-45(56)57-5)27-40-49-37-28-58-38-23-33(17-18-35(38)42(37)50-40)31-13-14-32-22-34(16-15-30(32)21-31)36-24-46-39(48-36)26-53(20-7-2)44(55)43(51(3)4)29-11-9-8-10-12-29/h8-18,21-24,43H,6-7,19-20,25-28H2,1-5H3,(H,46,48)(H,47,56)(H,49,50). The Morgan fingerprint density at radius 1 is 0.828 bits per heavy atom. The zero-order valence-electron chi connectivity index (χ0n) is 33.7. The van der Waals surface area contributed by atoms with Crippen LogP contribution in [-0.4, -0.2) is 93.4 Å². The second-order valence-electron chi connectivity index (χ2n) is 14.7. The number of nitrogens with one attached hydrogen (secondary N) is 3. The van der Waals surface area contributed by atoms with E-state index >= 15 is 0 Å². The average molecular weight is 783 g/mol. The zero-order chi connectivity index (χ0) is 40.8. The fraction of sp³-hybridized carbons (Fsp3) is 0.311. The molecule has 1 unspecified atom stereocenters. The highest BCUT2D eigenvalue weighted by molar-refractivity contribution is 5.91. The second kappa shape index (κ2) is 17.8. The van der Waals surface area contributed by atoms with Crippen molar-refractivity contribution in [3.63, 3.8) is 0 Å². The van der Waals surface area contributed by atoms with Gasteiger partial charge in [0.2, 0.25) is 11.8 Å². The van der Waals surface area contributed by atoms with Gasteiger partial charge in [0.25, 0.3) is 0 Å². The number of H-pyrrole nitrogens is 2. The SMILES string of the molecule is CCCN(Cc1nc2c([nH]1)COc1cc(-c3ccc4cc(-c5cnc(CN(CCC)C(=O)C(c6ccccc6)N(C)C)[nH]5)ccc4c3)ccc1-2)C(=O)CNC(=O)OC. The number of rotatable bonds is 15. The third-order valence-corrected chi connectivity index (χ3v) is 10.3. The van der Waals surface area contributed by atoms with Crippen LogP contribution in [0.2, 0.25) is 0 Å². The van der Waals surface area contributed by atoms with E-state index in [0.717, 1.165) is 80.1 Å². The van der Waals surface area contributed by atoms with Crippen molar-refractivity contribution in [1.82, 2.24) is 40.0 Å². The monoisotopic (exact) mass is 782 g/mol. The molecule has 0 radical (unpaired) electrons. The summed E-state index contributed by atoms with van der Waals surface area (Å²) >= 11 is 0. The first-order valence-electron chi connectivity index (χ1n) is 19.7. The van der Waals surface area contributed by atoms with E-state index in [1.54, 1.807) is 4.90 Å². The number of amides is 3. The van der Waals surface area contributed by atoms with Gasteiger partial charge >= 0.3 is 6.09 Å². The third-order valence-electron chi connectivity index (χ3n) is 10.3. The lowest BCUT2D eigenvalue weighted by atomic mass is 9.97. The Morgan fingerprint density at radius 3 is 2.22 bits per heavy atom. The molecule has 7 rings (SSSR count). The molecule has 0 saturated carbocycles. The summed E-state index contributed by atoms with van der Waals surface area (Å²) in [7, 11) is 5.14. The smallest absolute Gasteiger partial charge is 0.407 e. The Hall–Kier alpha value is -6.47. The normalized spacial score (nSPS) is 12.4. The van der Waals surface area contributed by atoms with E-state index in [2.05, 4.69) is 74.4 Å². The molecule has 1 aliphatic rings. The predicted molar refractivity (Wildman–Crippen MR) is 224 cm³/mol. The molecule has 13 heteroatoms. The van der Waals surface area contributed by atoms with Gasteiger partial charge in [0, 0.05) is 24.2 Å². The maximum atomic E-state index is 13.9. The number of benzene rings is 4. The zero-order valence-corrected chi connectivity index (χ0v) is 33.7. The Kier molecular flexibility index (Phi) is 12.2. The molecule has 4 aromatic carbocycles. The summed E-state index contributed by atoms with van der Waals surface area (Å²) in [5.74, 6) is 1.96. The summed E-state index contributed by atoms with van der Waals surface area (Å²) in [5, 5.41) is 4.65. The maximum absolute atomic E-state index is 13.9. The van der Waals surface area contributed by atoms with E-state index in [4.69, 9.17) is 9.72 Å². The van der Waals surface area contributed by atoms with Crippen LogP contribution >= 0.6 is 0 Å². The summed E-state index contributed by atoms with van der Waals surface area (Å²) in [6.07, 6.45) is 2.79. The Balaban J connectivity index is 1.05. The molecule has 0 spiro atoms. The van der Waals surface area contributed by atoms with Crippen LogP contribution in [0.4, 0.5) is 4.79 Å². The minimum Gasteiger partial charge on any atom is -0.487 e. The van der Waals surface area contributed by atoms with Crippen molar-refractivity contribution >= 4 is 28.7 Å². The third kappa shape index (κ3) is 8.74. The van der Waals surface area contributed by atoms with Crippen LogP contribution < -0.4 is 10.1 Å². The van der Waals surface area contributed by atoms with E-state index in [1.165, 1.54) is 7.11 Å². The van der Waals surface area contributed by atoms with Gasteiger partial charge in [-0.1, -0.05) is 74.5 Å². The number of alkyl carbamates (subject to hydrolysis) is 1. The Morgan fingerprint density at radius 2 is 1.50 bits per heavy atom. The molecule has 2 aromatic heterocycles. The van der Waals surface area contributed by atoms with E-state index in [1.807, 2.05) is 79.5 Å². The van der Waals surface area contributed by atoms with E-state index in [9.17, 15) is 14.4 Å². The summed E-state index contributed by atoms with van der Waals surface area (Å²) in [6, 6.07) is 28.5. The molecule has 3 heterocycles. The quantitative estimate of drug-likeness (QED) is 0.0982. The van der Waals surface area contributed by atoms with Crippen LogP contribution in [0.25, 0.3) is 44.4 Å². The lowest BCUT2D eigenvalue weighted by Gasteiger charge is -2.30. The number of imidazole rings is 2. The van der Waals surface area contributed by atoms with Crippen LogP contribution in [0.1, 0.15) is 55.6 Å². The molecule has 0 saturated heterocycles. The van der Waals surface area contributed by atoms with Crippen LogP contribution in [0.3, 0.4) is 0 Å². The topological polar surface area (TPSA) is 149 Å². The number of aromatic amines is 2. The number of fused-ring (bicyclic) bond motifs is 4. The molecule has 3 N–H and O–H groups in total. The highest BCUT2D eigenvalue weighted by atomic mass is 16.5. The molecule has 0 aliphatic carbocycles. The van der Waals surface area contributed by atoms with Crippen LogP contribution in [0, 0.1) is 0 Å². The molecule has 13 nitrogen and oxygen atoms in total.